The van der Waals surface area contributed by atoms with Gasteiger partial charge in [-0.2, -0.15) is 0 Å². The fourth-order valence-electron chi connectivity index (χ4n) is 1.21. The number of sulfonamides is 1. The molecular weight excluding hydrogens is 292 g/mol. The van der Waals surface area contributed by atoms with Crippen LogP contribution >= 0.6 is 23.8 Å². The summed E-state index contributed by atoms with van der Waals surface area (Å²) in [6, 6.07) is 5.89. The van der Waals surface area contributed by atoms with E-state index in [1.54, 1.807) is 0 Å². The van der Waals surface area contributed by atoms with Crippen LogP contribution in [0.2, 0.25) is 5.02 Å². The lowest BCUT2D eigenvalue weighted by atomic mass is 10.3. The molecular formula is C11H15ClN2O2S2. The lowest BCUT2D eigenvalue weighted by molar-refractivity contribution is 0.592. The molecule has 4 nitrogen and oxygen atoms in total. The zero-order valence-corrected chi connectivity index (χ0v) is 12.3. The molecule has 0 aliphatic carbocycles. The smallest absolute Gasteiger partial charge is 0.263 e. The number of unbranched alkanes of at least 4 members (excludes halogenated alkanes) is 1. The average molecular weight is 307 g/mol. The fourth-order valence-corrected chi connectivity index (χ4v) is 2.70. The molecule has 100 valence electrons. The van der Waals surface area contributed by atoms with E-state index in [9.17, 15) is 8.42 Å². The third-order valence-electron chi connectivity index (χ3n) is 2.17. The number of halogens is 1. The van der Waals surface area contributed by atoms with Crippen LogP contribution in [-0.2, 0) is 10.0 Å². The molecule has 18 heavy (non-hydrogen) atoms. The van der Waals surface area contributed by atoms with Gasteiger partial charge in [-0.25, -0.2) is 8.42 Å². The second-order valence-corrected chi connectivity index (χ2v) is 6.20. The Hall–Kier alpha value is -0.850. The van der Waals surface area contributed by atoms with E-state index >= 15 is 0 Å². The SMILES string of the molecule is CCCCNC(=S)NS(=O)(=O)c1ccc(Cl)cc1. The molecule has 0 aliphatic heterocycles. The molecule has 0 saturated heterocycles. The van der Waals surface area contributed by atoms with E-state index < -0.39 is 10.0 Å². The Morgan fingerprint density at radius 3 is 2.50 bits per heavy atom. The molecule has 0 unspecified atom stereocenters. The summed E-state index contributed by atoms with van der Waals surface area (Å²) in [6.07, 6.45) is 1.95. The van der Waals surface area contributed by atoms with Crippen molar-refractivity contribution in [2.45, 2.75) is 24.7 Å². The number of hydrogen-bond donors (Lipinski definition) is 2. The predicted molar refractivity (Wildman–Crippen MR) is 77.3 cm³/mol. The molecule has 0 amide bonds. The first-order chi connectivity index (χ1) is 8.45. The molecule has 0 bridgehead atoms. The molecule has 7 heteroatoms. The second-order valence-electron chi connectivity index (χ2n) is 3.67. The van der Waals surface area contributed by atoms with E-state index in [-0.39, 0.29) is 10.0 Å². The highest BCUT2D eigenvalue weighted by molar-refractivity contribution is 7.91. The van der Waals surface area contributed by atoms with Crippen molar-refractivity contribution in [3.8, 4) is 0 Å². The van der Waals surface area contributed by atoms with E-state index in [4.69, 9.17) is 23.8 Å². The molecule has 0 aliphatic rings. The number of benzene rings is 1. The maximum atomic E-state index is 11.9. The highest BCUT2D eigenvalue weighted by Gasteiger charge is 2.14. The lowest BCUT2D eigenvalue weighted by Gasteiger charge is -2.10. The average Bonchev–Trinajstić information content (AvgIpc) is 2.29. The number of nitrogens with one attached hydrogen (secondary N) is 2. The Morgan fingerprint density at radius 2 is 1.94 bits per heavy atom. The second kappa shape index (κ2) is 6.92. The minimum absolute atomic E-state index is 0.110. The minimum Gasteiger partial charge on any atom is -0.362 e. The van der Waals surface area contributed by atoms with E-state index in [1.807, 2.05) is 6.92 Å². The molecule has 0 radical (unpaired) electrons. The summed E-state index contributed by atoms with van der Waals surface area (Å²) in [4.78, 5) is 0.131. The highest BCUT2D eigenvalue weighted by atomic mass is 35.5. The highest BCUT2D eigenvalue weighted by Crippen LogP contribution is 2.13. The molecule has 0 spiro atoms. The van der Waals surface area contributed by atoms with Crippen molar-refractivity contribution in [3.63, 3.8) is 0 Å². The summed E-state index contributed by atoms with van der Waals surface area (Å²) in [6.45, 7) is 2.70. The van der Waals surface area contributed by atoms with Gasteiger partial charge in [-0.3, -0.25) is 4.72 Å². The van der Waals surface area contributed by atoms with Gasteiger partial charge in [0.1, 0.15) is 0 Å². The monoisotopic (exact) mass is 306 g/mol. The summed E-state index contributed by atoms with van der Waals surface area (Å²) in [5.74, 6) is 0. The first-order valence-electron chi connectivity index (χ1n) is 5.52. The zero-order valence-electron chi connectivity index (χ0n) is 9.94. The molecule has 1 aromatic carbocycles. The van der Waals surface area contributed by atoms with Gasteiger partial charge in [0.05, 0.1) is 4.90 Å². The van der Waals surface area contributed by atoms with Gasteiger partial charge in [-0.15, -0.1) is 0 Å². The summed E-state index contributed by atoms with van der Waals surface area (Å²) >= 11 is 10.6. The van der Waals surface area contributed by atoms with Crippen molar-refractivity contribution >= 4 is 39.0 Å². The molecule has 1 rings (SSSR count). The summed E-state index contributed by atoms with van der Waals surface area (Å²) < 4.78 is 26.1. The van der Waals surface area contributed by atoms with Crippen molar-refractivity contribution in [2.24, 2.45) is 0 Å². The van der Waals surface area contributed by atoms with Crippen LogP contribution in [-0.4, -0.2) is 20.1 Å². The Kier molecular flexibility index (Phi) is 5.84. The van der Waals surface area contributed by atoms with Gasteiger partial charge in [-0.05, 0) is 42.9 Å². The normalized spacial score (nSPS) is 11.0. The molecule has 2 N–H and O–H groups in total. The third-order valence-corrected chi connectivity index (χ3v) is 4.16. The zero-order chi connectivity index (χ0) is 13.6. The predicted octanol–water partition coefficient (Wildman–Crippen LogP) is 2.29. The maximum absolute atomic E-state index is 11.9. The van der Waals surface area contributed by atoms with E-state index in [1.165, 1.54) is 24.3 Å². The van der Waals surface area contributed by atoms with Crippen LogP contribution in [0.25, 0.3) is 0 Å². The van der Waals surface area contributed by atoms with Gasteiger partial charge < -0.3 is 5.32 Å². The topological polar surface area (TPSA) is 58.2 Å². The minimum atomic E-state index is -3.63. The van der Waals surface area contributed by atoms with E-state index in [0.29, 0.717) is 11.6 Å². The van der Waals surface area contributed by atoms with Crippen molar-refractivity contribution < 1.29 is 8.42 Å². The van der Waals surface area contributed by atoms with Gasteiger partial charge in [-0.1, -0.05) is 24.9 Å². The van der Waals surface area contributed by atoms with Crippen molar-refractivity contribution in [1.82, 2.24) is 10.0 Å². The summed E-state index contributed by atoms with van der Waals surface area (Å²) in [7, 11) is -3.63. The van der Waals surface area contributed by atoms with Crippen LogP contribution in [0.4, 0.5) is 0 Å². The van der Waals surface area contributed by atoms with Gasteiger partial charge in [0.15, 0.2) is 5.11 Å². The quantitative estimate of drug-likeness (QED) is 0.647. The lowest BCUT2D eigenvalue weighted by Crippen LogP contribution is -2.39. The molecule has 0 atom stereocenters. The number of hydrogen-bond acceptors (Lipinski definition) is 3. The molecule has 0 fully saturated rings. The third kappa shape index (κ3) is 4.80. The van der Waals surface area contributed by atoms with Gasteiger partial charge in [0.2, 0.25) is 0 Å². The molecule has 0 saturated carbocycles. The van der Waals surface area contributed by atoms with Crippen LogP contribution < -0.4 is 10.0 Å². The number of thiocarbonyl (C=S) groups is 1. The van der Waals surface area contributed by atoms with Crippen LogP contribution in [0.3, 0.4) is 0 Å². The standard InChI is InChI=1S/C11H15ClN2O2S2/c1-2-3-8-13-11(17)14-18(15,16)10-6-4-9(12)5-7-10/h4-7H,2-3,8H2,1H3,(H2,13,14,17). The Labute approximate surface area is 118 Å². The van der Waals surface area contributed by atoms with E-state index in [0.717, 1.165) is 12.8 Å². The molecule has 0 aromatic heterocycles. The summed E-state index contributed by atoms with van der Waals surface area (Å²) in [5.41, 5.74) is 0. The van der Waals surface area contributed by atoms with Crippen LogP contribution in [0.1, 0.15) is 19.8 Å². The largest absolute Gasteiger partial charge is 0.362 e. The Balaban J connectivity index is 2.64. The van der Waals surface area contributed by atoms with E-state index in [2.05, 4.69) is 10.0 Å². The fraction of sp³-hybridized carbons (Fsp3) is 0.364. The van der Waals surface area contributed by atoms with Gasteiger partial charge in [0, 0.05) is 11.6 Å². The first kappa shape index (κ1) is 15.2. The molecule has 0 heterocycles. The van der Waals surface area contributed by atoms with Crippen molar-refractivity contribution in [1.29, 1.82) is 0 Å². The van der Waals surface area contributed by atoms with Crippen LogP contribution in [0, 0.1) is 0 Å². The summed E-state index contributed by atoms with van der Waals surface area (Å²) in [5, 5.41) is 3.43. The van der Waals surface area contributed by atoms with Crippen molar-refractivity contribution in [2.75, 3.05) is 6.54 Å². The van der Waals surface area contributed by atoms with Crippen LogP contribution in [0.15, 0.2) is 29.2 Å². The molecule has 1 aromatic rings. The van der Waals surface area contributed by atoms with Gasteiger partial charge >= 0.3 is 0 Å². The van der Waals surface area contributed by atoms with Crippen molar-refractivity contribution in [3.05, 3.63) is 29.3 Å². The number of rotatable bonds is 5. The first-order valence-corrected chi connectivity index (χ1v) is 7.79. The Morgan fingerprint density at radius 1 is 1.33 bits per heavy atom. The van der Waals surface area contributed by atoms with Crippen LogP contribution in [0.5, 0.6) is 0 Å². The van der Waals surface area contributed by atoms with Gasteiger partial charge in [0.25, 0.3) is 10.0 Å². The Bertz CT molecular complexity index is 500. The maximum Gasteiger partial charge on any atom is 0.263 e.